The van der Waals surface area contributed by atoms with E-state index >= 15 is 0 Å². The van der Waals surface area contributed by atoms with Gasteiger partial charge in [-0.05, 0) is 73.0 Å². The number of aryl methyl sites for hydroxylation is 2. The number of aromatic nitrogens is 1. The lowest BCUT2D eigenvalue weighted by Gasteiger charge is -2.18. The predicted octanol–water partition coefficient (Wildman–Crippen LogP) is 4.33. The van der Waals surface area contributed by atoms with Crippen LogP contribution in [0.25, 0.3) is 6.08 Å². The van der Waals surface area contributed by atoms with Crippen LogP contribution in [0.4, 0.5) is 0 Å². The fourth-order valence-electron chi connectivity index (χ4n) is 3.68. The van der Waals surface area contributed by atoms with Crippen molar-refractivity contribution >= 4 is 21.7 Å². The maximum absolute atomic E-state index is 12.8. The van der Waals surface area contributed by atoms with E-state index < -0.39 is 9.84 Å². The summed E-state index contributed by atoms with van der Waals surface area (Å²) in [5.41, 5.74) is 3.93. The Bertz CT molecular complexity index is 1240. The van der Waals surface area contributed by atoms with E-state index in [9.17, 15) is 13.2 Å². The third-order valence-electron chi connectivity index (χ3n) is 5.02. The van der Waals surface area contributed by atoms with Crippen molar-refractivity contribution in [2.24, 2.45) is 0 Å². The first kappa shape index (κ1) is 20.0. The largest absolute Gasteiger partial charge is 0.487 e. The molecule has 0 spiro atoms. The van der Waals surface area contributed by atoms with Gasteiger partial charge in [-0.1, -0.05) is 18.2 Å². The molecule has 0 saturated heterocycles. The molecule has 0 saturated carbocycles. The van der Waals surface area contributed by atoms with Crippen LogP contribution >= 0.6 is 0 Å². The highest BCUT2D eigenvalue weighted by molar-refractivity contribution is 7.91. The summed E-state index contributed by atoms with van der Waals surface area (Å²) in [6.45, 7) is 4.21. The Kier molecular flexibility index (Phi) is 5.26. The van der Waals surface area contributed by atoms with Crippen molar-refractivity contribution in [1.82, 2.24) is 4.98 Å². The molecule has 30 heavy (non-hydrogen) atoms. The first-order chi connectivity index (χ1) is 14.3. The molecule has 0 atom stereocenters. The normalized spacial score (nSPS) is 16.3. The summed E-state index contributed by atoms with van der Waals surface area (Å²) in [5, 5.41) is 0. The number of ketones is 1. The van der Waals surface area contributed by atoms with E-state index in [2.05, 4.69) is 4.98 Å². The van der Waals surface area contributed by atoms with Crippen LogP contribution in [0.5, 0.6) is 5.75 Å². The molecule has 3 aromatic rings. The molecule has 0 radical (unpaired) electrons. The zero-order chi connectivity index (χ0) is 21.3. The third kappa shape index (κ3) is 3.91. The Labute approximate surface area is 176 Å². The number of fused-ring (bicyclic) bond motifs is 1. The standard InChI is InChI=1S/C24H21NO4S/c1-16-11-18(12-17(2)24(16)29-14-20-7-5-6-10-25-20)13-19-15-30(27,28)22-9-4-3-8-21(22)23(19)26/h3-13H,14-15H2,1-2H3. The molecule has 2 heterocycles. The molecular formula is C24H21NO4S. The quantitative estimate of drug-likeness (QED) is 0.589. The molecule has 2 aromatic carbocycles. The second kappa shape index (κ2) is 7.88. The highest BCUT2D eigenvalue weighted by Crippen LogP contribution is 2.31. The number of hydrogen-bond donors (Lipinski definition) is 0. The Morgan fingerprint density at radius 1 is 1.03 bits per heavy atom. The fourth-order valence-corrected chi connectivity index (χ4v) is 5.24. The van der Waals surface area contributed by atoms with Crippen LogP contribution in [0.15, 0.2) is 71.3 Å². The van der Waals surface area contributed by atoms with Crippen molar-refractivity contribution in [2.75, 3.05) is 5.75 Å². The Morgan fingerprint density at radius 2 is 1.73 bits per heavy atom. The average molecular weight is 420 g/mol. The smallest absolute Gasteiger partial charge is 0.191 e. The minimum Gasteiger partial charge on any atom is -0.487 e. The van der Waals surface area contributed by atoms with Crippen molar-refractivity contribution in [3.63, 3.8) is 0 Å². The monoisotopic (exact) mass is 419 g/mol. The molecule has 4 rings (SSSR count). The number of ether oxygens (including phenoxy) is 1. The summed E-state index contributed by atoms with van der Waals surface area (Å²) < 4.78 is 31.2. The van der Waals surface area contributed by atoms with Crippen LogP contribution in [0.2, 0.25) is 0 Å². The number of nitrogens with zero attached hydrogens (tertiary/aromatic N) is 1. The first-order valence-electron chi connectivity index (χ1n) is 9.56. The van der Waals surface area contributed by atoms with Gasteiger partial charge in [-0.25, -0.2) is 8.42 Å². The number of pyridine rings is 1. The molecule has 6 heteroatoms. The summed E-state index contributed by atoms with van der Waals surface area (Å²) in [5.74, 6) is 0.223. The summed E-state index contributed by atoms with van der Waals surface area (Å²) in [6, 6.07) is 15.8. The number of sulfone groups is 1. The van der Waals surface area contributed by atoms with E-state index in [1.807, 2.05) is 44.2 Å². The molecule has 1 aromatic heterocycles. The van der Waals surface area contributed by atoms with E-state index in [-0.39, 0.29) is 27.6 Å². The van der Waals surface area contributed by atoms with Crippen molar-refractivity contribution in [2.45, 2.75) is 25.3 Å². The highest BCUT2D eigenvalue weighted by atomic mass is 32.2. The maximum atomic E-state index is 12.8. The SMILES string of the molecule is Cc1cc(C=C2CS(=O)(=O)c3ccccc3C2=O)cc(C)c1OCc1ccccn1. The van der Waals surface area contributed by atoms with Gasteiger partial charge in [0.1, 0.15) is 12.4 Å². The van der Waals surface area contributed by atoms with Crippen LogP contribution in [-0.2, 0) is 16.4 Å². The van der Waals surface area contributed by atoms with E-state index in [1.54, 1.807) is 30.5 Å². The van der Waals surface area contributed by atoms with Crippen molar-refractivity contribution < 1.29 is 17.9 Å². The van der Waals surface area contributed by atoms with Gasteiger partial charge in [0.25, 0.3) is 0 Å². The van der Waals surface area contributed by atoms with Crippen LogP contribution in [-0.4, -0.2) is 24.9 Å². The molecule has 152 valence electrons. The maximum Gasteiger partial charge on any atom is 0.191 e. The second-order valence-corrected chi connectivity index (χ2v) is 9.31. The summed E-state index contributed by atoms with van der Waals surface area (Å²) in [7, 11) is -3.53. The summed E-state index contributed by atoms with van der Waals surface area (Å²) >= 11 is 0. The first-order valence-corrected chi connectivity index (χ1v) is 11.2. The average Bonchev–Trinajstić information content (AvgIpc) is 2.72. The molecule has 0 unspecified atom stereocenters. The lowest BCUT2D eigenvalue weighted by Crippen LogP contribution is -2.24. The molecule has 0 fully saturated rings. The van der Waals surface area contributed by atoms with Crippen molar-refractivity contribution in [3.05, 3.63) is 94.3 Å². The van der Waals surface area contributed by atoms with Crippen molar-refractivity contribution in [3.8, 4) is 5.75 Å². The number of hydrogen-bond acceptors (Lipinski definition) is 5. The number of carbonyl (C=O) groups excluding carboxylic acids is 1. The van der Waals surface area contributed by atoms with Gasteiger partial charge in [-0.15, -0.1) is 0 Å². The Morgan fingerprint density at radius 3 is 2.43 bits per heavy atom. The van der Waals surface area contributed by atoms with Gasteiger partial charge in [0.2, 0.25) is 0 Å². The molecule has 0 aliphatic carbocycles. The van der Waals surface area contributed by atoms with Gasteiger partial charge < -0.3 is 4.74 Å². The zero-order valence-electron chi connectivity index (χ0n) is 16.8. The molecular weight excluding hydrogens is 398 g/mol. The lowest BCUT2D eigenvalue weighted by atomic mass is 9.99. The molecule has 1 aliphatic heterocycles. The van der Waals surface area contributed by atoms with E-state index in [0.29, 0.717) is 6.61 Å². The van der Waals surface area contributed by atoms with E-state index in [1.165, 1.54) is 6.07 Å². The van der Waals surface area contributed by atoms with E-state index in [4.69, 9.17) is 4.74 Å². The fraction of sp³-hybridized carbons (Fsp3) is 0.167. The van der Waals surface area contributed by atoms with Gasteiger partial charge in [-0.2, -0.15) is 0 Å². The van der Waals surface area contributed by atoms with Crippen LogP contribution in [0, 0.1) is 13.8 Å². The Hall–Kier alpha value is -3.25. The zero-order valence-corrected chi connectivity index (χ0v) is 17.6. The summed E-state index contributed by atoms with van der Waals surface area (Å²) in [6.07, 6.45) is 3.39. The van der Waals surface area contributed by atoms with Gasteiger partial charge in [-0.3, -0.25) is 9.78 Å². The van der Waals surface area contributed by atoms with Crippen LogP contribution < -0.4 is 4.74 Å². The van der Waals surface area contributed by atoms with Gasteiger partial charge >= 0.3 is 0 Å². The molecule has 0 amide bonds. The second-order valence-electron chi connectivity index (χ2n) is 7.35. The van der Waals surface area contributed by atoms with E-state index in [0.717, 1.165) is 28.1 Å². The number of rotatable bonds is 4. The Balaban J connectivity index is 1.64. The number of benzene rings is 2. The number of Topliss-reactive ketones (excluding diaryl/α,β-unsaturated/α-hetero) is 1. The highest BCUT2D eigenvalue weighted by Gasteiger charge is 2.32. The van der Waals surface area contributed by atoms with Gasteiger partial charge in [0.05, 0.1) is 16.3 Å². The third-order valence-corrected chi connectivity index (χ3v) is 6.74. The molecule has 1 aliphatic rings. The topological polar surface area (TPSA) is 73.3 Å². The summed E-state index contributed by atoms with van der Waals surface area (Å²) in [4.78, 5) is 17.2. The van der Waals surface area contributed by atoms with Crippen LogP contribution in [0.3, 0.4) is 0 Å². The lowest BCUT2D eigenvalue weighted by molar-refractivity contribution is 0.103. The van der Waals surface area contributed by atoms with Gasteiger partial charge in [0.15, 0.2) is 15.6 Å². The number of carbonyl (C=O) groups is 1. The van der Waals surface area contributed by atoms with Crippen LogP contribution in [0.1, 0.15) is 32.7 Å². The minimum atomic E-state index is -3.53. The molecule has 0 bridgehead atoms. The molecule has 0 N–H and O–H groups in total. The van der Waals surface area contributed by atoms with Gasteiger partial charge in [0, 0.05) is 17.3 Å². The predicted molar refractivity (Wildman–Crippen MR) is 115 cm³/mol. The minimum absolute atomic E-state index is 0.109. The molecule has 5 nitrogen and oxygen atoms in total. The van der Waals surface area contributed by atoms with Crippen molar-refractivity contribution in [1.29, 1.82) is 0 Å².